The molecule has 1 amide bonds. The van der Waals surface area contributed by atoms with E-state index < -0.39 is 0 Å². The predicted molar refractivity (Wildman–Crippen MR) is 129 cm³/mol. The lowest BCUT2D eigenvalue weighted by atomic mass is 10.2. The molecule has 4 rings (SSSR count). The van der Waals surface area contributed by atoms with Crippen LogP contribution in [-0.2, 0) is 23.5 Å². The van der Waals surface area contributed by atoms with Crippen molar-refractivity contribution < 1.29 is 4.79 Å². The molecule has 0 unspecified atom stereocenters. The van der Waals surface area contributed by atoms with Gasteiger partial charge in [-0.05, 0) is 35.2 Å². The average Bonchev–Trinajstić information content (AvgIpc) is 3.21. The number of amides is 1. The Morgan fingerprint density at radius 2 is 1.63 bits per heavy atom. The Bertz CT molecular complexity index is 1110. The molecule has 0 spiro atoms. The first-order valence-corrected chi connectivity index (χ1v) is 12.1. The van der Waals surface area contributed by atoms with Crippen LogP contribution in [0.5, 0.6) is 0 Å². The van der Waals surface area contributed by atoms with Crippen molar-refractivity contribution in [3.8, 4) is 0 Å². The van der Waals surface area contributed by atoms with Crippen LogP contribution in [0.1, 0.15) is 23.6 Å². The first-order valence-electron chi connectivity index (χ1n) is 10.1. The molecule has 0 bridgehead atoms. The summed E-state index contributed by atoms with van der Waals surface area (Å²) in [6.45, 7) is 2.68. The standard InChI is InChI=1S/C25H24N2OS2/c1-2-19-13-14-22-23(15-19)30-25(26-22)27(16-20-9-5-3-6-10-20)24(28)18-29-17-21-11-7-4-8-12-21/h3-15H,2,16-18H2,1H3. The van der Waals surface area contributed by atoms with Crippen molar-refractivity contribution >= 4 is 44.4 Å². The fourth-order valence-electron chi connectivity index (χ4n) is 3.23. The number of thioether (sulfide) groups is 1. The predicted octanol–water partition coefficient (Wildman–Crippen LogP) is 6.33. The molecular weight excluding hydrogens is 408 g/mol. The zero-order valence-corrected chi connectivity index (χ0v) is 18.6. The van der Waals surface area contributed by atoms with E-state index in [1.807, 2.05) is 41.3 Å². The molecule has 0 saturated carbocycles. The summed E-state index contributed by atoms with van der Waals surface area (Å²) in [6, 6.07) is 26.8. The minimum absolute atomic E-state index is 0.0922. The molecule has 30 heavy (non-hydrogen) atoms. The highest BCUT2D eigenvalue weighted by Crippen LogP contribution is 2.31. The fraction of sp³-hybridized carbons (Fsp3) is 0.200. The van der Waals surface area contributed by atoms with Gasteiger partial charge in [-0.1, -0.05) is 85.0 Å². The van der Waals surface area contributed by atoms with Crippen LogP contribution in [0, 0.1) is 0 Å². The van der Waals surface area contributed by atoms with Crippen LogP contribution in [0.15, 0.2) is 78.9 Å². The van der Waals surface area contributed by atoms with Gasteiger partial charge < -0.3 is 0 Å². The molecule has 1 aromatic heterocycles. The summed E-state index contributed by atoms with van der Waals surface area (Å²) < 4.78 is 1.13. The smallest absolute Gasteiger partial charge is 0.239 e. The number of aryl methyl sites for hydroxylation is 1. The van der Waals surface area contributed by atoms with Gasteiger partial charge in [0.05, 0.1) is 22.5 Å². The number of rotatable bonds is 8. The van der Waals surface area contributed by atoms with Gasteiger partial charge in [-0.2, -0.15) is 0 Å². The molecule has 0 atom stereocenters. The number of carbonyl (C=O) groups is 1. The SMILES string of the molecule is CCc1ccc2nc(N(Cc3ccccc3)C(=O)CSCc3ccccc3)sc2c1. The minimum Gasteiger partial charge on any atom is -0.283 e. The number of fused-ring (bicyclic) bond motifs is 1. The molecule has 4 aromatic rings. The summed E-state index contributed by atoms with van der Waals surface area (Å²) in [4.78, 5) is 19.8. The summed E-state index contributed by atoms with van der Waals surface area (Å²) in [5.41, 5.74) is 4.58. The normalized spacial score (nSPS) is 11.0. The topological polar surface area (TPSA) is 33.2 Å². The Morgan fingerprint density at radius 3 is 2.33 bits per heavy atom. The number of hydrogen-bond donors (Lipinski definition) is 0. The number of hydrogen-bond acceptors (Lipinski definition) is 4. The van der Waals surface area contributed by atoms with Gasteiger partial charge in [0.2, 0.25) is 5.91 Å². The van der Waals surface area contributed by atoms with Crippen molar-refractivity contribution in [2.75, 3.05) is 10.7 Å². The maximum Gasteiger partial charge on any atom is 0.239 e. The van der Waals surface area contributed by atoms with E-state index in [1.165, 1.54) is 11.1 Å². The number of aromatic nitrogens is 1. The molecule has 152 valence electrons. The molecule has 0 aliphatic rings. The van der Waals surface area contributed by atoms with Crippen molar-refractivity contribution in [1.29, 1.82) is 0 Å². The summed E-state index contributed by atoms with van der Waals surface area (Å²) >= 11 is 3.24. The van der Waals surface area contributed by atoms with E-state index in [0.29, 0.717) is 12.3 Å². The quantitative estimate of drug-likeness (QED) is 0.326. The van der Waals surface area contributed by atoms with E-state index >= 15 is 0 Å². The van der Waals surface area contributed by atoms with Gasteiger partial charge in [0.25, 0.3) is 0 Å². The highest BCUT2D eigenvalue weighted by molar-refractivity contribution is 7.99. The van der Waals surface area contributed by atoms with Crippen molar-refractivity contribution in [2.45, 2.75) is 25.6 Å². The third-order valence-electron chi connectivity index (χ3n) is 4.90. The van der Waals surface area contributed by atoms with Crippen LogP contribution in [0.2, 0.25) is 0 Å². The van der Waals surface area contributed by atoms with Crippen LogP contribution in [0.4, 0.5) is 5.13 Å². The second-order valence-corrected chi connectivity index (χ2v) is 9.09. The van der Waals surface area contributed by atoms with Crippen LogP contribution >= 0.6 is 23.1 Å². The van der Waals surface area contributed by atoms with E-state index in [-0.39, 0.29) is 5.91 Å². The molecular formula is C25H24N2OS2. The molecule has 0 aliphatic carbocycles. The van der Waals surface area contributed by atoms with Crippen LogP contribution in [-0.4, -0.2) is 16.6 Å². The monoisotopic (exact) mass is 432 g/mol. The maximum atomic E-state index is 13.2. The highest BCUT2D eigenvalue weighted by atomic mass is 32.2. The maximum absolute atomic E-state index is 13.2. The Labute approximate surface area is 185 Å². The molecule has 0 N–H and O–H groups in total. The molecule has 3 aromatic carbocycles. The highest BCUT2D eigenvalue weighted by Gasteiger charge is 2.20. The van der Waals surface area contributed by atoms with Crippen molar-refractivity contribution in [3.63, 3.8) is 0 Å². The van der Waals surface area contributed by atoms with Gasteiger partial charge in [-0.3, -0.25) is 9.69 Å². The number of nitrogens with zero attached hydrogens (tertiary/aromatic N) is 2. The average molecular weight is 433 g/mol. The number of thiazole rings is 1. The Kier molecular flexibility index (Phi) is 6.82. The van der Waals surface area contributed by atoms with E-state index in [1.54, 1.807) is 23.1 Å². The second-order valence-electron chi connectivity index (χ2n) is 7.10. The molecule has 5 heteroatoms. The van der Waals surface area contributed by atoms with Gasteiger partial charge in [0.15, 0.2) is 5.13 Å². The van der Waals surface area contributed by atoms with Gasteiger partial charge >= 0.3 is 0 Å². The zero-order chi connectivity index (χ0) is 20.8. The molecule has 0 fully saturated rings. The van der Waals surface area contributed by atoms with E-state index in [4.69, 9.17) is 4.98 Å². The first kappa shape index (κ1) is 20.6. The van der Waals surface area contributed by atoms with E-state index in [2.05, 4.69) is 49.4 Å². The largest absolute Gasteiger partial charge is 0.283 e. The van der Waals surface area contributed by atoms with Crippen molar-refractivity contribution in [1.82, 2.24) is 4.98 Å². The third-order valence-corrected chi connectivity index (χ3v) is 6.93. The van der Waals surface area contributed by atoms with Gasteiger partial charge in [0, 0.05) is 5.75 Å². The third kappa shape index (κ3) is 5.10. The molecule has 3 nitrogen and oxygen atoms in total. The summed E-state index contributed by atoms with van der Waals surface area (Å²) in [6.07, 6.45) is 0.992. The molecule has 0 aliphatic heterocycles. The minimum atomic E-state index is 0.0922. The summed E-state index contributed by atoms with van der Waals surface area (Å²) in [7, 11) is 0. The molecule has 1 heterocycles. The number of anilines is 1. The number of benzene rings is 3. The molecule has 0 saturated heterocycles. The van der Waals surface area contributed by atoms with Crippen LogP contribution in [0.3, 0.4) is 0 Å². The fourth-order valence-corrected chi connectivity index (χ4v) is 5.14. The van der Waals surface area contributed by atoms with Crippen molar-refractivity contribution in [2.24, 2.45) is 0 Å². The van der Waals surface area contributed by atoms with Gasteiger partial charge in [-0.15, -0.1) is 11.8 Å². The first-order chi connectivity index (χ1) is 14.7. The Hall–Kier alpha value is -2.63. The lowest BCUT2D eigenvalue weighted by molar-refractivity contribution is -0.116. The zero-order valence-electron chi connectivity index (χ0n) is 17.0. The lowest BCUT2D eigenvalue weighted by Crippen LogP contribution is -2.31. The van der Waals surface area contributed by atoms with Crippen LogP contribution < -0.4 is 4.90 Å². The van der Waals surface area contributed by atoms with Gasteiger partial charge in [-0.25, -0.2) is 4.98 Å². The van der Waals surface area contributed by atoms with E-state index in [9.17, 15) is 4.79 Å². The van der Waals surface area contributed by atoms with Gasteiger partial charge in [0.1, 0.15) is 0 Å². The number of carbonyl (C=O) groups excluding carboxylic acids is 1. The molecule has 0 radical (unpaired) electrons. The second kappa shape index (κ2) is 9.92. The summed E-state index contributed by atoms with van der Waals surface area (Å²) in [5, 5.41) is 0.771. The van der Waals surface area contributed by atoms with Crippen LogP contribution in [0.25, 0.3) is 10.2 Å². The summed E-state index contributed by atoms with van der Waals surface area (Å²) in [5.74, 6) is 1.35. The Morgan fingerprint density at radius 1 is 0.933 bits per heavy atom. The van der Waals surface area contributed by atoms with E-state index in [0.717, 1.165) is 33.1 Å². The lowest BCUT2D eigenvalue weighted by Gasteiger charge is -2.20. The van der Waals surface area contributed by atoms with Crippen molar-refractivity contribution in [3.05, 3.63) is 95.6 Å². The Balaban J connectivity index is 1.55.